The number of benzene rings is 1. The average molecular weight is 403 g/mol. The summed E-state index contributed by atoms with van der Waals surface area (Å²) >= 11 is 1.45. The van der Waals surface area contributed by atoms with E-state index in [-0.39, 0.29) is 12.1 Å². The van der Waals surface area contributed by atoms with Crippen molar-refractivity contribution in [3.63, 3.8) is 0 Å². The molecule has 1 aliphatic rings. The molecule has 0 saturated carbocycles. The van der Waals surface area contributed by atoms with E-state index >= 15 is 0 Å². The van der Waals surface area contributed by atoms with Gasteiger partial charge in [0, 0.05) is 5.56 Å². The lowest BCUT2D eigenvalue weighted by atomic mass is 9.91. The van der Waals surface area contributed by atoms with Crippen LogP contribution in [-0.4, -0.2) is 21.8 Å². The zero-order valence-electron chi connectivity index (χ0n) is 15.0. The van der Waals surface area contributed by atoms with E-state index in [9.17, 15) is 18.4 Å². The molecule has 3 aromatic rings. The Bertz CT molecular complexity index is 1080. The number of amides is 3. The van der Waals surface area contributed by atoms with Crippen LogP contribution in [0.15, 0.2) is 40.1 Å². The number of carbonyl (C=O) groups excluding carboxylic acids is 2. The van der Waals surface area contributed by atoms with Crippen molar-refractivity contribution in [1.29, 1.82) is 0 Å². The number of urea groups is 1. The Balaban J connectivity index is 1.64. The second kappa shape index (κ2) is 6.52. The number of nitrogens with one attached hydrogen (secondary N) is 1. The Labute approximate surface area is 162 Å². The van der Waals surface area contributed by atoms with Gasteiger partial charge in [0.05, 0.1) is 11.4 Å². The predicted octanol–water partition coefficient (Wildman–Crippen LogP) is 3.96. The summed E-state index contributed by atoms with van der Waals surface area (Å²) in [6.45, 7) is 2.89. The molecule has 144 valence electrons. The summed E-state index contributed by atoms with van der Waals surface area (Å²) in [5.74, 6) is -1.31. The lowest BCUT2D eigenvalue weighted by Crippen LogP contribution is -2.41. The average Bonchev–Trinajstić information content (AvgIpc) is 3.34. The van der Waals surface area contributed by atoms with E-state index in [4.69, 9.17) is 4.42 Å². The van der Waals surface area contributed by atoms with E-state index in [2.05, 4.69) is 10.3 Å². The number of hydrogen-bond acceptors (Lipinski definition) is 5. The van der Waals surface area contributed by atoms with E-state index in [1.807, 2.05) is 17.5 Å². The number of hydrogen-bond donors (Lipinski definition) is 1. The van der Waals surface area contributed by atoms with Gasteiger partial charge in [-0.25, -0.2) is 18.6 Å². The highest BCUT2D eigenvalue weighted by molar-refractivity contribution is 7.13. The second-order valence-corrected chi connectivity index (χ2v) is 7.52. The van der Waals surface area contributed by atoms with Crippen LogP contribution in [0.2, 0.25) is 0 Å². The van der Waals surface area contributed by atoms with E-state index in [1.54, 1.807) is 6.92 Å². The SMILES string of the molecule is Cc1oc(-c2cccs2)nc1CN1C(=O)NC(C)(c2cc(F)ccc2F)C1=O. The van der Waals surface area contributed by atoms with E-state index in [1.165, 1.54) is 18.3 Å². The third kappa shape index (κ3) is 2.88. The first-order valence-corrected chi connectivity index (χ1v) is 9.27. The van der Waals surface area contributed by atoms with Crippen LogP contribution in [0.4, 0.5) is 13.6 Å². The number of imide groups is 1. The summed E-state index contributed by atoms with van der Waals surface area (Å²) in [6, 6.07) is 5.77. The van der Waals surface area contributed by atoms with Crippen LogP contribution in [0.25, 0.3) is 10.8 Å². The van der Waals surface area contributed by atoms with Gasteiger partial charge >= 0.3 is 6.03 Å². The molecule has 28 heavy (non-hydrogen) atoms. The monoisotopic (exact) mass is 403 g/mol. The maximum absolute atomic E-state index is 14.2. The molecule has 1 saturated heterocycles. The highest BCUT2D eigenvalue weighted by atomic mass is 32.1. The van der Waals surface area contributed by atoms with Crippen molar-refractivity contribution in [2.24, 2.45) is 0 Å². The van der Waals surface area contributed by atoms with Crippen LogP contribution in [0.3, 0.4) is 0 Å². The molecule has 1 N–H and O–H groups in total. The molecule has 1 unspecified atom stereocenters. The maximum Gasteiger partial charge on any atom is 0.325 e. The molecular weight excluding hydrogens is 388 g/mol. The Morgan fingerprint density at radius 2 is 2.07 bits per heavy atom. The molecule has 3 heterocycles. The van der Waals surface area contributed by atoms with Gasteiger partial charge in [-0.3, -0.25) is 9.69 Å². The molecule has 6 nitrogen and oxygen atoms in total. The van der Waals surface area contributed by atoms with Gasteiger partial charge in [0.25, 0.3) is 5.91 Å². The zero-order valence-corrected chi connectivity index (χ0v) is 15.8. The van der Waals surface area contributed by atoms with Gasteiger partial charge in [-0.05, 0) is 43.5 Å². The smallest absolute Gasteiger partial charge is 0.325 e. The van der Waals surface area contributed by atoms with Crippen LogP contribution >= 0.6 is 11.3 Å². The van der Waals surface area contributed by atoms with Gasteiger partial charge in [-0.2, -0.15) is 0 Å². The van der Waals surface area contributed by atoms with Crippen molar-refractivity contribution >= 4 is 23.3 Å². The lowest BCUT2D eigenvalue weighted by Gasteiger charge is -2.22. The van der Waals surface area contributed by atoms with Gasteiger partial charge in [-0.1, -0.05) is 6.07 Å². The van der Waals surface area contributed by atoms with Crippen LogP contribution in [-0.2, 0) is 16.9 Å². The Morgan fingerprint density at radius 1 is 1.29 bits per heavy atom. The molecule has 0 radical (unpaired) electrons. The third-order valence-electron chi connectivity index (χ3n) is 4.67. The summed E-state index contributed by atoms with van der Waals surface area (Å²) in [4.78, 5) is 31.5. The van der Waals surface area contributed by atoms with Crippen molar-refractivity contribution in [3.05, 3.63) is 64.4 Å². The fraction of sp³-hybridized carbons (Fsp3) is 0.211. The largest absolute Gasteiger partial charge is 0.440 e. The zero-order chi connectivity index (χ0) is 20.1. The number of aryl methyl sites for hydroxylation is 1. The molecule has 0 spiro atoms. The number of carbonyl (C=O) groups is 2. The molecule has 9 heteroatoms. The standard InChI is InChI=1S/C19H15F2N3O3S/c1-10-14(22-16(27-10)15-4-3-7-28-15)9-24-17(25)19(2,23-18(24)26)12-8-11(20)5-6-13(12)21/h3-8H,9H2,1-2H3,(H,23,26). The van der Waals surface area contributed by atoms with Crippen molar-refractivity contribution < 1.29 is 22.8 Å². The van der Waals surface area contributed by atoms with Crippen molar-refractivity contribution in [2.75, 3.05) is 0 Å². The quantitative estimate of drug-likeness (QED) is 0.669. The van der Waals surface area contributed by atoms with Crippen molar-refractivity contribution in [3.8, 4) is 10.8 Å². The highest BCUT2D eigenvalue weighted by Gasteiger charge is 2.50. The number of rotatable bonds is 4. The minimum atomic E-state index is -1.71. The number of aromatic nitrogens is 1. The minimum Gasteiger partial charge on any atom is -0.440 e. The van der Waals surface area contributed by atoms with Gasteiger partial charge < -0.3 is 9.73 Å². The fourth-order valence-electron chi connectivity index (χ4n) is 3.13. The molecule has 1 fully saturated rings. The Kier molecular flexibility index (Phi) is 4.26. The first-order valence-electron chi connectivity index (χ1n) is 8.39. The number of thiophene rings is 1. The molecule has 0 aliphatic carbocycles. The van der Waals surface area contributed by atoms with Gasteiger partial charge in [-0.15, -0.1) is 11.3 Å². The van der Waals surface area contributed by atoms with Crippen molar-refractivity contribution in [1.82, 2.24) is 15.2 Å². The lowest BCUT2D eigenvalue weighted by molar-refractivity contribution is -0.131. The second-order valence-electron chi connectivity index (χ2n) is 6.57. The van der Waals surface area contributed by atoms with E-state index in [0.717, 1.165) is 28.0 Å². The molecule has 1 aromatic carbocycles. The highest BCUT2D eigenvalue weighted by Crippen LogP contribution is 2.33. The fourth-order valence-corrected chi connectivity index (χ4v) is 3.78. The molecule has 1 atom stereocenters. The number of oxazole rings is 1. The predicted molar refractivity (Wildman–Crippen MR) is 97.3 cm³/mol. The Hall–Kier alpha value is -3.07. The summed E-state index contributed by atoms with van der Waals surface area (Å²) in [5.41, 5.74) is -1.53. The van der Waals surface area contributed by atoms with Crippen LogP contribution in [0, 0.1) is 18.6 Å². The Morgan fingerprint density at radius 3 is 2.79 bits per heavy atom. The maximum atomic E-state index is 14.2. The molecule has 1 aliphatic heterocycles. The summed E-state index contributed by atoms with van der Waals surface area (Å²) < 4.78 is 33.5. The topological polar surface area (TPSA) is 75.4 Å². The summed E-state index contributed by atoms with van der Waals surface area (Å²) in [5, 5.41) is 4.34. The number of halogens is 2. The van der Waals surface area contributed by atoms with Crippen LogP contribution in [0.5, 0.6) is 0 Å². The minimum absolute atomic E-state index is 0.141. The van der Waals surface area contributed by atoms with Crippen molar-refractivity contribution in [2.45, 2.75) is 25.9 Å². The third-order valence-corrected chi connectivity index (χ3v) is 5.53. The molecule has 2 aromatic heterocycles. The van der Waals surface area contributed by atoms with E-state index < -0.39 is 29.1 Å². The molecule has 3 amide bonds. The molecular formula is C19H15F2N3O3S. The summed E-state index contributed by atoms with van der Waals surface area (Å²) in [6.07, 6.45) is 0. The van der Waals surface area contributed by atoms with Gasteiger partial charge in [0.15, 0.2) is 0 Å². The first kappa shape index (κ1) is 18.3. The van der Waals surface area contributed by atoms with Gasteiger partial charge in [0.2, 0.25) is 5.89 Å². The molecule has 4 rings (SSSR count). The number of nitrogens with zero attached hydrogens (tertiary/aromatic N) is 2. The normalized spacial score (nSPS) is 19.4. The summed E-state index contributed by atoms with van der Waals surface area (Å²) in [7, 11) is 0. The van der Waals surface area contributed by atoms with Crippen LogP contribution in [0.1, 0.15) is 23.9 Å². The van der Waals surface area contributed by atoms with Gasteiger partial charge in [0.1, 0.15) is 28.6 Å². The molecule has 0 bridgehead atoms. The first-order chi connectivity index (χ1) is 13.3. The van der Waals surface area contributed by atoms with Crippen LogP contribution < -0.4 is 5.32 Å². The van der Waals surface area contributed by atoms with E-state index in [0.29, 0.717) is 17.3 Å².